The van der Waals surface area contributed by atoms with Gasteiger partial charge in [0, 0.05) is 11.1 Å². The van der Waals surface area contributed by atoms with Crippen LogP contribution in [0.1, 0.15) is 37.7 Å². The van der Waals surface area contributed by atoms with Gasteiger partial charge in [0.25, 0.3) is 0 Å². The molecule has 1 fully saturated rings. The fourth-order valence-corrected chi connectivity index (χ4v) is 2.46. The summed E-state index contributed by atoms with van der Waals surface area (Å²) in [5.74, 6) is 0. The van der Waals surface area contributed by atoms with E-state index in [4.69, 9.17) is 17.3 Å². The van der Waals surface area contributed by atoms with Gasteiger partial charge < -0.3 is 11.1 Å². The van der Waals surface area contributed by atoms with Gasteiger partial charge in [0.15, 0.2) is 0 Å². The Labute approximate surface area is 102 Å². The molecule has 1 aromatic rings. The molecular formula is C13H19ClN2. The second-order valence-electron chi connectivity index (χ2n) is 4.67. The number of anilines is 2. The van der Waals surface area contributed by atoms with E-state index in [1.165, 1.54) is 32.1 Å². The van der Waals surface area contributed by atoms with Gasteiger partial charge in [-0.2, -0.15) is 0 Å². The maximum Gasteiger partial charge on any atom is 0.0579 e. The topological polar surface area (TPSA) is 38.0 Å². The number of halogens is 1. The first-order valence-electron chi connectivity index (χ1n) is 5.99. The maximum atomic E-state index is 6.02. The van der Waals surface area contributed by atoms with Crippen LogP contribution in [-0.2, 0) is 0 Å². The molecule has 0 amide bonds. The predicted octanol–water partition coefficient (Wildman–Crippen LogP) is 3.98. The van der Waals surface area contributed by atoms with Gasteiger partial charge in [-0.1, -0.05) is 30.9 Å². The van der Waals surface area contributed by atoms with E-state index in [-0.39, 0.29) is 0 Å². The smallest absolute Gasteiger partial charge is 0.0579 e. The predicted molar refractivity (Wildman–Crippen MR) is 71.1 cm³/mol. The molecule has 2 rings (SSSR count). The van der Waals surface area contributed by atoms with Crippen LogP contribution in [0, 0.1) is 6.92 Å². The van der Waals surface area contributed by atoms with Crippen LogP contribution in [0.25, 0.3) is 0 Å². The summed E-state index contributed by atoms with van der Waals surface area (Å²) in [6, 6.07) is 4.46. The summed E-state index contributed by atoms with van der Waals surface area (Å²) in [5, 5.41) is 4.28. The van der Waals surface area contributed by atoms with Crippen molar-refractivity contribution in [3.8, 4) is 0 Å². The number of benzene rings is 1. The van der Waals surface area contributed by atoms with Crippen molar-refractivity contribution in [2.24, 2.45) is 0 Å². The van der Waals surface area contributed by atoms with Gasteiger partial charge in [0.05, 0.1) is 11.4 Å². The van der Waals surface area contributed by atoms with E-state index in [0.717, 1.165) is 22.0 Å². The number of hydrogen-bond donors (Lipinski definition) is 2. The van der Waals surface area contributed by atoms with Gasteiger partial charge >= 0.3 is 0 Å². The third-order valence-corrected chi connectivity index (χ3v) is 3.70. The van der Waals surface area contributed by atoms with E-state index in [0.29, 0.717) is 6.04 Å². The highest BCUT2D eigenvalue weighted by atomic mass is 35.5. The normalized spacial score (nSPS) is 17.4. The minimum Gasteiger partial charge on any atom is -0.397 e. The number of nitrogen functional groups attached to an aromatic ring is 1. The van der Waals surface area contributed by atoms with Crippen molar-refractivity contribution in [3.05, 3.63) is 22.7 Å². The Morgan fingerprint density at radius 3 is 2.62 bits per heavy atom. The van der Waals surface area contributed by atoms with Crippen molar-refractivity contribution in [2.45, 2.75) is 45.1 Å². The van der Waals surface area contributed by atoms with E-state index < -0.39 is 0 Å². The molecule has 1 aliphatic carbocycles. The molecule has 0 aromatic heterocycles. The van der Waals surface area contributed by atoms with Gasteiger partial charge in [-0.05, 0) is 37.5 Å². The third-order valence-electron chi connectivity index (χ3n) is 3.30. The first kappa shape index (κ1) is 11.6. The lowest BCUT2D eigenvalue weighted by Crippen LogP contribution is -2.22. The number of nitrogens with one attached hydrogen (secondary N) is 1. The molecule has 0 heterocycles. The van der Waals surface area contributed by atoms with Crippen LogP contribution >= 0.6 is 11.6 Å². The van der Waals surface area contributed by atoms with Crippen molar-refractivity contribution >= 4 is 23.0 Å². The molecule has 88 valence electrons. The molecule has 3 N–H and O–H groups in total. The summed E-state index contributed by atoms with van der Waals surface area (Å²) < 4.78 is 0. The molecule has 2 nitrogen and oxygen atoms in total. The Morgan fingerprint density at radius 2 is 1.94 bits per heavy atom. The fraction of sp³-hybridized carbons (Fsp3) is 0.538. The molecule has 1 aromatic carbocycles. The lowest BCUT2D eigenvalue weighted by atomic mass is 9.95. The highest BCUT2D eigenvalue weighted by Crippen LogP contribution is 2.29. The van der Waals surface area contributed by atoms with Crippen LogP contribution in [0.15, 0.2) is 12.1 Å². The van der Waals surface area contributed by atoms with Crippen molar-refractivity contribution in [3.63, 3.8) is 0 Å². The second-order valence-corrected chi connectivity index (χ2v) is 5.08. The van der Waals surface area contributed by atoms with Gasteiger partial charge in [0.2, 0.25) is 0 Å². The molecule has 0 atom stereocenters. The molecule has 1 saturated carbocycles. The minimum atomic E-state index is 0.580. The Hall–Kier alpha value is -0.890. The van der Waals surface area contributed by atoms with E-state index in [1.807, 2.05) is 19.1 Å². The molecular weight excluding hydrogens is 220 g/mol. The Kier molecular flexibility index (Phi) is 3.59. The van der Waals surface area contributed by atoms with E-state index in [1.54, 1.807) is 0 Å². The summed E-state index contributed by atoms with van der Waals surface area (Å²) in [6.45, 7) is 2.01. The molecule has 0 aliphatic heterocycles. The number of nitrogens with two attached hydrogens (primary N) is 1. The third kappa shape index (κ3) is 2.62. The second kappa shape index (κ2) is 4.96. The van der Waals surface area contributed by atoms with Gasteiger partial charge in [-0.3, -0.25) is 0 Å². The van der Waals surface area contributed by atoms with Crippen LogP contribution in [0.2, 0.25) is 5.02 Å². The van der Waals surface area contributed by atoms with Gasteiger partial charge in [0.1, 0.15) is 0 Å². The monoisotopic (exact) mass is 238 g/mol. The Balaban J connectivity index is 2.11. The SMILES string of the molecule is Cc1cc(NC2CCCCC2)c(N)cc1Cl. The molecule has 16 heavy (non-hydrogen) atoms. The van der Waals surface area contributed by atoms with Crippen molar-refractivity contribution in [2.75, 3.05) is 11.1 Å². The highest BCUT2D eigenvalue weighted by molar-refractivity contribution is 6.31. The average Bonchev–Trinajstić information content (AvgIpc) is 2.27. The zero-order valence-corrected chi connectivity index (χ0v) is 10.5. The molecule has 1 aliphatic rings. The zero-order valence-electron chi connectivity index (χ0n) is 9.72. The first-order valence-corrected chi connectivity index (χ1v) is 6.37. The summed E-state index contributed by atoms with van der Waals surface area (Å²) >= 11 is 6.02. The Morgan fingerprint density at radius 1 is 1.25 bits per heavy atom. The van der Waals surface area contributed by atoms with Crippen LogP contribution in [0.3, 0.4) is 0 Å². The van der Waals surface area contributed by atoms with Crippen LogP contribution < -0.4 is 11.1 Å². The standard InChI is InChI=1S/C13H19ClN2/c1-9-7-13(12(15)8-11(9)14)16-10-5-3-2-4-6-10/h7-8,10,16H,2-6,15H2,1H3. The lowest BCUT2D eigenvalue weighted by Gasteiger charge is -2.25. The molecule has 0 unspecified atom stereocenters. The van der Waals surface area contributed by atoms with Crippen molar-refractivity contribution in [1.29, 1.82) is 0 Å². The van der Waals surface area contributed by atoms with E-state index in [2.05, 4.69) is 5.32 Å². The molecule has 0 bridgehead atoms. The Bertz CT molecular complexity index is 370. The van der Waals surface area contributed by atoms with Crippen molar-refractivity contribution in [1.82, 2.24) is 0 Å². The minimum absolute atomic E-state index is 0.580. The molecule has 3 heteroatoms. The summed E-state index contributed by atoms with van der Waals surface area (Å²) in [5.41, 5.74) is 8.83. The first-order chi connectivity index (χ1) is 7.66. The summed E-state index contributed by atoms with van der Waals surface area (Å²) in [6.07, 6.45) is 6.52. The van der Waals surface area contributed by atoms with Crippen LogP contribution in [0.4, 0.5) is 11.4 Å². The number of rotatable bonds is 2. The molecule has 0 saturated heterocycles. The van der Waals surface area contributed by atoms with Crippen LogP contribution in [-0.4, -0.2) is 6.04 Å². The van der Waals surface area contributed by atoms with Gasteiger partial charge in [-0.25, -0.2) is 0 Å². The van der Waals surface area contributed by atoms with Crippen molar-refractivity contribution < 1.29 is 0 Å². The summed E-state index contributed by atoms with van der Waals surface area (Å²) in [4.78, 5) is 0. The lowest BCUT2D eigenvalue weighted by molar-refractivity contribution is 0.463. The van der Waals surface area contributed by atoms with Crippen LogP contribution in [0.5, 0.6) is 0 Å². The zero-order chi connectivity index (χ0) is 11.5. The average molecular weight is 239 g/mol. The quantitative estimate of drug-likeness (QED) is 0.765. The van der Waals surface area contributed by atoms with E-state index in [9.17, 15) is 0 Å². The maximum absolute atomic E-state index is 6.02. The fourth-order valence-electron chi connectivity index (χ4n) is 2.29. The largest absolute Gasteiger partial charge is 0.397 e. The number of hydrogen-bond acceptors (Lipinski definition) is 2. The van der Waals surface area contributed by atoms with Gasteiger partial charge in [-0.15, -0.1) is 0 Å². The van der Waals surface area contributed by atoms with E-state index >= 15 is 0 Å². The highest BCUT2D eigenvalue weighted by Gasteiger charge is 2.14. The molecule has 0 spiro atoms. The summed E-state index contributed by atoms with van der Waals surface area (Å²) in [7, 11) is 0. The molecule has 0 radical (unpaired) electrons. The number of aryl methyl sites for hydroxylation is 1.